The number of rotatable bonds is 0. The third-order valence-electron chi connectivity index (χ3n) is 0.535. The Balaban J connectivity index is 3.04. The lowest BCUT2D eigenvalue weighted by molar-refractivity contribution is 0.534. The molecule has 0 radical (unpaired) electrons. The van der Waals surface area contributed by atoms with Crippen molar-refractivity contribution in [2.45, 2.75) is 0 Å². The lowest BCUT2D eigenvalue weighted by Crippen LogP contribution is -1.50. The summed E-state index contributed by atoms with van der Waals surface area (Å²) in [5.41, 5.74) is 0. The molecule has 0 spiro atoms. The van der Waals surface area contributed by atoms with Crippen LogP contribution in [0, 0.1) is 5.82 Å². The number of hydrogen-bond acceptors (Lipinski definition) is 1. The van der Waals surface area contributed by atoms with Gasteiger partial charge in [-0.15, -0.1) is 0 Å². The SMILES string of the molecule is Fc1coc(Cl)c1. The van der Waals surface area contributed by atoms with Crippen molar-refractivity contribution in [2.75, 3.05) is 0 Å². The van der Waals surface area contributed by atoms with Crippen LogP contribution >= 0.6 is 11.6 Å². The molecule has 0 fully saturated rings. The van der Waals surface area contributed by atoms with Crippen molar-refractivity contribution in [1.82, 2.24) is 0 Å². The molecular weight excluding hydrogens is 118 g/mol. The maximum absolute atomic E-state index is 11.7. The molecule has 0 aliphatic heterocycles. The summed E-state index contributed by atoms with van der Waals surface area (Å²) in [5, 5.41) is 0.0810. The monoisotopic (exact) mass is 120 g/mol. The van der Waals surface area contributed by atoms with E-state index < -0.39 is 5.82 Å². The van der Waals surface area contributed by atoms with Crippen LogP contribution in [0.3, 0.4) is 0 Å². The first-order chi connectivity index (χ1) is 3.29. The third kappa shape index (κ3) is 0.933. The van der Waals surface area contributed by atoms with Gasteiger partial charge in [0.1, 0.15) is 6.26 Å². The Hall–Kier alpha value is -0.500. The molecule has 0 bridgehead atoms. The Morgan fingerprint density at radius 1 is 1.71 bits per heavy atom. The van der Waals surface area contributed by atoms with Crippen LogP contribution in [0.4, 0.5) is 4.39 Å². The Bertz CT molecular complexity index is 144. The highest BCUT2D eigenvalue weighted by molar-refractivity contribution is 6.28. The van der Waals surface area contributed by atoms with E-state index in [9.17, 15) is 4.39 Å². The van der Waals surface area contributed by atoms with Gasteiger partial charge in [0.2, 0.25) is 0 Å². The quantitative estimate of drug-likeness (QED) is 0.511. The molecule has 3 heteroatoms. The van der Waals surface area contributed by atoms with Gasteiger partial charge in [-0.25, -0.2) is 4.39 Å². The predicted octanol–water partition coefficient (Wildman–Crippen LogP) is 2.07. The van der Waals surface area contributed by atoms with Gasteiger partial charge in [-0.2, -0.15) is 0 Å². The normalized spacial score (nSPS) is 9.43. The Morgan fingerprint density at radius 2 is 2.43 bits per heavy atom. The molecule has 0 aliphatic rings. The Labute approximate surface area is 44.7 Å². The second-order valence-corrected chi connectivity index (χ2v) is 1.44. The van der Waals surface area contributed by atoms with Gasteiger partial charge in [-0.05, 0) is 11.6 Å². The second kappa shape index (κ2) is 1.54. The minimum absolute atomic E-state index is 0.0810. The van der Waals surface area contributed by atoms with Crippen LogP contribution in [-0.2, 0) is 0 Å². The van der Waals surface area contributed by atoms with E-state index in [0.717, 1.165) is 12.3 Å². The fourth-order valence-electron chi connectivity index (χ4n) is 0.289. The summed E-state index contributed by atoms with van der Waals surface area (Å²) in [7, 11) is 0. The van der Waals surface area contributed by atoms with Crippen LogP contribution < -0.4 is 0 Å². The largest absolute Gasteiger partial charge is 0.450 e. The van der Waals surface area contributed by atoms with Crippen LogP contribution in [0.15, 0.2) is 16.7 Å². The maximum atomic E-state index is 11.7. The number of hydrogen-bond donors (Lipinski definition) is 0. The third-order valence-corrected chi connectivity index (χ3v) is 0.734. The average Bonchev–Trinajstić information content (AvgIpc) is 1.87. The highest BCUT2D eigenvalue weighted by Crippen LogP contribution is 2.10. The van der Waals surface area contributed by atoms with E-state index in [4.69, 9.17) is 11.6 Å². The summed E-state index contributed by atoms with van der Waals surface area (Å²) in [5.74, 6) is -0.440. The van der Waals surface area contributed by atoms with Crippen molar-refractivity contribution < 1.29 is 8.81 Å². The first-order valence-corrected chi connectivity index (χ1v) is 2.06. The Kier molecular flexibility index (Phi) is 1.02. The molecular formula is C4H2ClFO. The van der Waals surface area contributed by atoms with Crippen molar-refractivity contribution in [3.8, 4) is 0 Å². The molecule has 7 heavy (non-hydrogen) atoms. The lowest BCUT2D eigenvalue weighted by atomic mass is 10.6. The van der Waals surface area contributed by atoms with Crippen molar-refractivity contribution in [3.05, 3.63) is 23.4 Å². The van der Waals surface area contributed by atoms with Crippen LogP contribution in [0.25, 0.3) is 0 Å². The van der Waals surface area contributed by atoms with Crippen LogP contribution in [0.2, 0.25) is 5.22 Å². The minimum Gasteiger partial charge on any atom is -0.450 e. The van der Waals surface area contributed by atoms with Gasteiger partial charge >= 0.3 is 0 Å². The maximum Gasteiger partial charge on any atom is 0.196 e. The topological polar surface area (TPSA) is 13.1 Å². The molecule has 0 saturated heterocycles. The molecule has 1 aromatic heterocycles. The summed E-state index contributed by atoms with van der Waals surface area (Å²) in [6.45, 7) is 0. The summed E-state index contributed by atoms with van der Waals surface area (Å²) in [6, 6.07) is 1.10. The average molecular weight is 121 g/mol. The fourth-order valence-corrected chi connectivity index (χ4v) is 0.438. The van der Waals surface area contributed by atoms with Crippen LogP contribution in [0.1, 0.15) is 0 Å². The minimum atomic E-state index is -0.440. The smallest absolute Gasteiger partial charge is 0.196 e. The van der Waals surface area contributed by atoms with E-state index in [1.54, 1.807) is 0 Å². The molecule has 0 aromatic carbocycles. The molecule has 0 unspecified atom stereocenters. The Morgan fingerprint density at radius 3 is 2.57 bits per heavy atom. The molecule has 1 rings (SSSR count). The van der Waals surface area contributed by atoms with Crippen molar-refractivity contribution in [2.24, 2.45) is 0 Å². The zero-order valence-electron chi connectivity index (χ0n) is 3.32. The van der Waals surface area contributed by atoms with Gasteiger partial charge in [-0.3, -0.25) is 0 Å². The summed E-state index contributed by atoms with van der Waals surface area (Å²) >= 11 is 5.15. The molecule has 0 N–H and O–H groups in total. The number of halogens is 2. The molecule has 38 valence electrons. The second-order valence-electron chi connectivity index (χ2n) is 1.07. The van der Waals surface area contributed by atoms with E-state index in [1.165, 1.54) is 0 Å². The van der Waals surface area contributed by atoms with Crippen molar-refractivity contribution >= 4 is 11.6 Å². The predicted molar refractivity (Wildman–Crippen MR) is 23.7 cm³/mol. The first-order valence-electron chi connectivity index (χ1n) is 1.68. The first kappa shape index (κ1) is 4.65. The molecule has 1 aromatic rings. The van der Waals surface area contributed by atoms with Gasteiger partial charge < -0.3 is 4.42 Å². The highest BCUT2D eigenvalue weighted by atomic mass is 35.5. The summed E-state index contributed by atoms with van der Waals surface area (Å²) < 4.78 is 16.1. The van der Waals surface area contributed by atoms with E-state index in [1.807, 2.05) is 0 Å². The van der Waals surface area contributed by atoms with Crippen LogP contribution in [-0.4, -0.2) is 0 Å². The van der Waals surface area contributed by atoms with Gasteiger partial charge in [0.15, 0.2) is 11.0 Å². The van der Waals surface area contributed by atoms with Gasteiger partial charge in [-0.1, -0.05) is 0 Å². The highest BCUT2D eigenvalue weighted by Gasteiger charge is 1.92. The fraction of sp³-hybridized carbons (Fsp3) is 0. The molecule has 0 saturated carbocycles. The van der Waals surface area contributed by atoms with E-state index in [-0.39, 0.29) is 5.22 Å². The van der Waals surface area contributed by atoms with E-state index in [2.05, 4.69) is 4.42 Å². The van der Waals surface area contributed by atoms with E-state index >= 15 is 0 Å². The molecule has 1 heterocycles. The van der Waals surface area contributed by atoms with Gasteiger partial charge in [0.25, 0.3) is 0 Å². The molecule has 0 atom stereocenters. The summed E-state index contributed by atoms with van der Waals surface area (Å²) in [6.07, 6.45) is 0.947. The van der Waals surface area contributed by atoms with Crippen LogP contribution in [0.5, 0.6) is 0 Å². The zero-order valence-corrected chi connectivity index (χ0v) is 4.07. The molecule has 0 aliphatic carbocycles. The molecule has 1 nitrogen and oxygen atoms in total. The van der Waals surface area contributed by atoms with Crippen molar-refractivity contribution in [3.63, 3.8) is 0 Å². The number of furan rings is 1. The van der Waals surface area contributed by atoms with E-state index in [0.29, 0.717) is 0 Å². The molecule has 0 amide bonds. The van der Waals surface area contributed by atoms with Gasteiger partial charge in [0.05, 0.1) is 0 Å². The standard InChI is InChI=1S/C4H2ClFO/c5-4-1-3(6)2-7-4/h1-2H. The van der Waals surface area contributed by atoms with Crippen molar-refractivity contribution in [1.29, 1.82) is 0 Å². The lowest BCUT2D eigenvalue weighted by Gasteiger charge is -1.64. The van der Waals surface area contributed by atoms with Gasteiger partial charge in [0, 0.05) is 6.07 Å². The summed E-state index contributed by atoms with van der Waals surface area (Å²) in [4.78, 5) is 0. The zero-order chi connectivity index (χ0) is 5.28.